The third-order valence-electron chi connectivity index (χ3n) is 3.13. The van der Waals surface area contributed by atoms with Crippen LogP contribution in [-0.4, -0.2) is 30.8 Å². The smallest absolute Gasteiger partial charge is 0.387 e. The lowest BCUT2D eigenvalue weighted by atomic mass is 10.3. The summed E-state index contributed by atoms with van der Waals surface area (Å²) >= 11 is 7.25. The van der Waals surface area contributed by atoms with E-state index in [0.717, 1.165) is 4.90 Å². The fourth-order valence-electron chi connectivity index (χ4n) is 1.96. The molecule has 2 aromatic rings. The van der Waals surface area contributed by atoms with Crippen LogP contribution < -0.4 is 10.1 Å². The first-order valence-corrected chi connectivity index (χ1v) is 9.18. The molecule has 0 aliphatic rings. The minimum absolute atomic E-state index is 0.0668. The number of amides is 1. The van der Waals surface area contributed by atoms with Gasteiger partial charge in [-0.1, -0.05) is 23.7 Å². The van der Waals surface area contributed by atoms with Gasteiger partial charge in [0.1, 0.15) is 5.75 Å². The van der Waals surface area contributed by atoms with E-state index in [1.165, 1.54) is 30.0 Å². The van der Waals surface area contributed by atoms with E-state index in [0.29, 0.717) is 10.8 Å². The zero-order valence-corrected chi connectivity index (χ0v) is 15.6. The van der Waals surface area contributed by atoms with E-state index in [9.17, 15) is 18.4 Å². The van der Waals surface area contributed by atoms with Crippen molar-refractivity contribution in [2.75, 3.05) is 17.7 Å². The molecule has 0 aliphatic carbocycles. The Hall–Kier alpha value is -2.32. The molecule has 27 heavy (non-hydrogen) atoms. The van der Waals surface area contributed by atoms with Gasteiger partial charge < -0.3 is 14.8 Å². The number of para-hydroxylation sites is 2. The Kier molecular flexibility index (Phi) is 8.35. The van der Waals surface area contributed by atoms with E-state index in [4.69, 9.17) is 16.3 Å². The molecule has 0 heterocycles. The molecule has 0 fully saturated rings. The van der Waals surface area contributed by atoms with E-state index in [1.807, 2.05) is 12.1 Å². The Labute approximate surface area is 164 Å². The standard InChI is InChI=1S/C18H16ClF2NO4S/c19-12-5-7-13(8-6-12)27-10-9-17(24)25-11-16(23)22-14-3-1-2-4-15(14)26-18(20)21/h1-8,18H,9-11H2,(H,22,23). The third-order valence-corrected chi connectivity index (χ3v) is 4.40. The van der Waals surface area contributed by atoms with Gasteiger partial charge in [-0.25, -0.2) is 0 Å². The average Bonchev–Trinajstić information content (AvgIpc) is 2.63. The Morgan fingerprint density at radius 1 is 1.11 bits per heavy atom. The summed E-state index contributed by atoms with van der Waals surface area (Å²) in [5.74, 6) is -0.887. The van der Waals surface area contributed by atoms with Crippen LogP contribution >= 0.6 is 23.4 Å². The van der Waals surface area contributed by atoms with Crippen LogP contribution in [0.4, 0.5) is 14.5 Å². The van der Waals surface area contributed by atoms with Gasteiger partial charge in [0.2, 0.25) is 0 Å². The van der Waals surface area contributed by atoms with Crippen molar-refractivity contribution in [2.45, 2.75) is 17.9 Å². The highest BCUT2D eigenvalue weighted by Crippen LogP contribution is 2.25. The molecule has 0 spiro atoms. The van der Waals surface area contributed by atoms with Gasteiger partial charge in [-0.2, -0.15) is 8.78 Å². The van der Waals surface area contributed by atoms with Gasteiger partial charge >= 0.3 is 12.6 Å². The minimum Gasteiger partial charge on any atom is -0.456 e. The van der Waals surface area contributed by atoms with Crippen LogP contribution in [0.5, 0.6) is 5.75 Å². The number of hydrogen-bond acceptors (Lipinski definition) is 5. The monoisotopic (exact) mass is 415 g/mol. The molecule has 5 nitrogen and oxygen atoms in total. The van der Waals surface area contributed by atoms with E-state index in [-0.39, 0.29) is 17.9 Å². The van der Waals surface area contributed by atoms with E-state index in [1.54, 1.807) is 18.2 Å². The van der Waals surface area contributed by atoms with Crippen molar-refractivity contribution >= 4 is 40.9 Å². The van der Waals surface area contributed by atoms with Crippen LogP contribution in [0.3, 0.4) is 0 Å². The summed E-state index contributed by atoms with van der Waals surface area (Å²) < 4.78 is 33.9. The van der Waals surface area contributed by atoms with Crippen LogP contribution in [-0.2, 0) is 14.3 Å². The lowest BCUT2D eigenvalue weighted by Gasteiger charge is -2.11. The zero-order valence-electron chi connectivity index (χ0n) is 14.0. The van der Waals surface area contributed by atoms with Crippen molar-refractivity contribution in [3.8, 4) is 5.75 Å². The lowest BCUT2D eigenvalue weighted by Crippen LogP contribution is -2.21. The highest BCUT2D eigenvalue weighted by Gasteiger charge is 2.13. The summed E-state index contributed by atoms with van der Waals surface area (Å²) in [5.41, 5.74) is 0.0668. The topological polar surface area (TPSA) is 64.6 Å². The van der Waals surface area contributed by atoms with Gasteiger partial charge in [0, 0.05) is 15.7 Å². The maximum atomic E-state index is 12.3. The first-order chi connectivity index (χ1) is 12.9. The van der Waals surface area contributed by atoms with Crippen molar-refractivity contribution in [3.05, 3.63) is 53.6 Å². The number of carbonyl (C=O) groups is 2. The zero-order chi connectivity index (χ0) is 19.6. The fourth-order valence-corrected chi connectivity index (χ4v) is 2.92. The summed E-state index contributed by atoms with van der Waals surface area (Å²) in [6.45, 7) is -3.54. The second kappa shape index (κ2) is 10.7. The highest BCUT2D eigenvalue weighted by molar-refractivity contribution is 7.99. The number of hydrogen-bond donors (Lipinski definition) is 1. The molecule has 0 unspecified atom stereocenters. The number of halogens is 3. The first kappa shape index (κ1) is 21.0. The van der Waals surface area contributed by atoms with Crippen LogP contribution in [0.15, 0.2) is 53.4 Å². The number of benzene rings is 2. The van der Waals surface area contributed by atoms with Gasteiger partial charge in [-0.15, -0.1) is 11.8 Å². The third kappa shape index (κ3) is 7.84. The predicted octanol–water partition coefficient (Wildman–Crippen LogP) is 4.61. The molecule has 0 aliphatic heterocycles. The molecule has 9 heteroatoms. The number of anilines is 1. The maximum Gasteiger partial charge on any atom is 0.387 e. The Balaban J connectivity index is 1.72. The van der Waals surface area contributed by atoms with Crippen LogP contribution in [0.25, 0.3) is 0 Å². The van der Waals surface area contributed by atoms with Gasteiger partial charge in [-0.3, -0.25) is 9.59 Å². The molecule has 0 saturated carbocycles. The summed E-state index contributed by atoms with van der Waals surface area (Å²) in [6, 6.07) is 12.9. The van der Waals surface area contributed by atoms with Crippen molar-refractivity contribution < 1.29 is 27.8 Å². The second-order valence-electron chi connectivity index (χ2n) is 5.14. The summed E-state index contributed by atoms with van der Waals surface area (Å²) in [6.07, 6.45) is 0.117. The van der Waals surface area contributed by atoms with Crippen molar-refractivity contribution in [1.82, 2.24) is 0 Å². The number of esters is 1. The number of thioether (sulfide) groups is 1. The van der Waals surface area contributed by atoms with Crippen molar-refractivity contribution in [2.24, 2.45) is 0 Å². The minimum atomic E-state index is -3.01. The van der Waals surface area contributed by atoms with Crippen LogP contribution in [0.1, 0.15) is 6.42 Å². The predicted molar refractivity (Wildman–Crippen MR) is 99.5 cm³/mol. The SMILES string of the molecule is O=C(COC(=O)CCSc1ccc(Cl)cc1)Nc1ccccc1OC(F)F. The van der Waals surface area contributed by atoms with Crippen LogP contribution in [0.2, 0.25) is 5.02 Å². The fraction of sp³-hybridized carbons (Fsp3) is 0.222. The molecule has 2 aromatic carbocycles. The van der Waals surface area contributed by atoms with Gasteiger partial charge in [0.05, 0.1) is 12.1 Å². The molecule has 1 N–H and O–H groups in total. The molecule has 0 aromatic heterocycles. The van der Waals surface area contributed by atoms with E-state index in [2.05, 4.69) is 10.1 Å². The van der Waals surface area contributed by atoms with Crippen molar-refractivity contribution in [3.63, 3.8) is 0 Å². The molecule has 0 saturated heterocycles. The van der Waals surface area contributed by atoms with E-state index >= 15 is 0 Å². The van der Waals surface area contributed by atoms with Crippen LogP contribution in [0, 0.1) is 0 Å². The molecule has 144 valence electrons. The number of rotatable bonds is 9. The molecule has 0 bridgehead atoms. The van der Waals surface area contributed by atoms with Gasteiger partial charge in [-0.05, 0) is 36.4 Å². The molecule has 0 atom stereocenters. The lowest BCUT2D eigenvalue weighted by molar-refractivity contribution is -0.146. The molecule has 1 amide bonds. The first-order valence-electron chi connectivity index (χ1n) is 7.81. The summed E-state index contributed by atoms with van der Waals surface area (Å²) in [5, 5.41) is 3.00. The van der Waals surface area contributed by atoms with Gasteiger partial charge in [0.15, 0.2) is 6.61 Å². The molecule has 0 radical (unpaired) electrons. The molecular formula is C18H16ClF2NO4S. The Morgan fingerprint density at radius 2 is 1.81 bits per heavy atom. The number of alkyl halides is 2. The quantitative estimate of drug-likeness (QED) is 0.478. The second-order valence-corrected chi connectivity index (χ2v) is 6.74. The summed E-state index contributed by atoms with van der Waals surface area (Å²) in [4.78, 5) is 24.5. The van der Waals surface area contributed by atoms with E-state index < -0.39 is 25.1 Å². The van der Waals surface area contributed by atoms with Gasteiger partial charge in [0.25, 0.3) is 5.91 Å². The number of nitrogens with one attached hydrogen (secondary N) is 1. The normalized spacial score (nSPS) is 10.5. The molecular weight excluding hydrogens is 400 g/mol. The molecule has 2 rings (SSSR count). The Morgan fingerprint density at radius 3 is 2.52 bits per heavy atom. The average molecular weight is 416 g/mol. The Bertz CT molecular complexity index is 774. The largest absolute Gasteiger partial charge is 0.456 e. The maximum absolute atomic E-state index is 12.3. The number of carbonyl (C=O) groups excluding carboxylic acids is 2. The highest BCUT2D eigenvalue weighted by atomic mass is 35.5. The summed E-state index contributed by atoms with van der Waals surface area (Å²) in [7, 11) is 0. The van der Waals surface area contributed by atoms with Crippen molar-refractivity contribution in [1.29, 1.82) is 0 Å². The number of ether oxygens (including phenoxy) is 2.